The second-order valence-corrected chi connectivity index (χ2v) is 7.65. The van der Waals surface area contributed by atoms with Gasteiger partial charge in [-0.15, -0.1) is 0 Å². The second kappa shape index (κ2) is 10.7. The average molecular weight is 485 g/mol. The molecule has 0 bridgehead atoms. The van der Waals surface area contributed by atoms with Crippen LogP contribution in [0.25, 0.3) is 28.1 Å². The van der Waals surface area contributed by atoms with Gasteiger partial charge in [-0.05, 0) is 42.3 Å². The van der Waals surface area contributed by atoms with Gasteiger partial charge in [-0.1, -0.05) is 54.6 Å². The fourth-order valence-corrected chi connectivity index (χ4v) is 3.88. The summed E-state index contributed by atoms with van der Waals surface area (Å²) >= 11 is 0. The van der Waals surface area contributed by atoms with E-state index in [1.807, 2.05) is 24.3 Å². The van der Waals surface area contributed by atoms with E-state index in [1.54, 1.807) is 61.5 Å². The summed E-state index contributed by atoms with van der Waals surface area (Å²) in [5.41, 5.74) is 3.33. The van der Waals surface area contributed by atoms with Gasteiger partial charge in [-0.25, -0.2) is 19.1 Å². The van der Waals surface area contributed by atoms with Crippen LogP contribution in [0.4, 0.5) is 0 Å². The van der Waals surface area contributed by atoms with Crippen molar-refractivity contribution in [1.29, 1.82) is 0 Å². The van der Waals surface area contributed by atoms with Gasteiger partial charge in [-0.3, -0.25) is 0 Å². The third-order valence-corrected chi connectivity index (χ3v) is 5.54. The maximum absolute atomic E-state index is 13.0. The van der Waals surface area contributed by atoms with E-state index >= 15 is 0 Å². The van der Waals surface area contributed by atoms with Crippen LogP contribution >= 0.6 is 0 Å². The van der Waals surface area contributed by atoms with Crippen LogP contribution < -0.4 is 0 Å². The highest BCUT2D eigenvalue weighted by Gasteiger charge is 2.32. The van der Waals surface area contributed by atoms with Crippen molar-refractivity contribution in [3.63, 3.8) is 0 Å². The SMILES string of the molecule is CCOC(=O)c1ccc(-c2ccccc2-c2nn(-c3ccccc3)c(C(=O)OC)c2C(=O)OC)cc1. The van der Waals surface area contributed by atoms with Crippen molar-refractivity contribution in [2.24, 2.45) is 0 Å². The number of methoxy groups -OCH3 is 2. The van der Waals surface area contributed by atoms with Gasteiger partial charge in [0.2, 0.25) is 0 Å². The molecule has 36 heavy (non-hydrogen) atoms. The maximum atomic E-state index is 13.0. The zero-order chi connectivity index (χ0) is 25.7. The topological polar surface area (TPSA) is 96.7 Å². The predicted octanol–water partition coefficient (Wildman–Crippen LogP) is 4.96. The summed E-state index contributed by atoms with van der Waals surface area (Å²) in [5.74, 6) is -1.86. The lowest BCUT2D eigenvalue weighted by Crippen LogP contribution is -2.15. The van der Waals surface area contributed by atoms with Crippen molar-refractivity contribution < 1.29 is 28.6 Å². The van der Waals surface area contributed by atoms with Crippen LogP contribution in [0.15, 0.2) is 78.9 Å². The monoisotopic (exact) mass is 484 g/mol. The molecule has 182 valence electrons. The fraction of sp³-hybridized carbons (Fsp3) is 0.143. The van der Waals surface area contributed by atoms with Gasteiger partial charge in [0.25, 0.3) is 0 Å². The summed E-state index contributed by atoms with van der Waals surface area (Å²) in [5, 5.41) is 4.69. The number of rotatable bonds is 7. The summed E-state index contributed by atoms with van der Waals surface area (Å²) < 4.78 is 16.5. The van der Waals surface area contributed by atoms with Gasteiger partial charge in [0.1, 0.15) is 11.3 Å². The lowest BCUT2D eigenvalue weighted by Gasteiger charge is -2.10. The molecule has 0 saturated carbocycles. The van der Waals surface area contributed by atoms with E-state index in [-0.39, 0.29) is 23.6 Å². The van der Waals surface area contributed by atoms with Crippen LogP contribution in [0.5, 0.6) is 0 Å². The highest BCUT2D eigenvalue weighted by molar-refractivity contribution is 6.08. The molecule has 4 rings (SSSR count). The summed E-state index contributed by atoms with van der Waals surface area (Å²) in [6.07, 6.45) is 0. The standard InChI is InChI=1S/C28H24N2O6/c1-4-36-26(31)19-16-14-18(15-17-19)21-12-8-9-13-22(21)24-23(27(32)34-2)25(28(33)35-3)30(29-24)20-10-6-5-7-11-20/h5-17H,4H2,1-3H3. The molecule has 0 aliphatic rings. The van der Waals surface area contributed by atoms with Crippen LogP contribution in [-0.2, 0) is 14.2 Å². The number of carbonyl (C=O) groups is 3. The second-order valence-electron chi connectivity index (χ2n) is 7.65. The molecule has 1 aromatic heterocycles. The number of esters is 3. The Morgan fingerprint density at radius 3 is 1.97 bits per heavy atom. The Balaban J connectivity index is 1.94. The predicted molar refractivity (Wildman–Crippen MR) is 133 cm³/mol. The van der Waals surface area contributed by atoms with Gasteiger partial charge in [0.05, 0.1) is 32.1 Å². The van der Waals surface area contributed by atoms with Crippen molar-refractivity contribution >= 4 is 17.9 Å². The number of ether oxygens (including phenoxy) is 3. The Hall–Kier alpha value is -4.72. The first kappa shape index (κ1) is 24.4. The van der Waals surface area contributed by atoms with Crippen LogP contribution in [0.2, 0.25) is 0 Å². The Kier molecular flexibility index (Phi) is 7.25. The summed E-state index contributed by atoms with van der Waals surface area (Å²) in [4.78, 5) is 37.9. The highest BCUT2D eigenvalue weighted by atomic mass is 16.5. The quantitative estimate of drug-likeness (QED) is 0.270. The third kappa shape index (κ3) is 4.61. The normalized spacial score (nSPS) is 10.5. The fourth-order valence-electron chi connectivity index (χ4n) is 3.88. The Bertz CT molecular complexity index is 1410. The van der Waals surface area contributed by atoms with Crippen LogP contribution in [0, 0.1) is 0 Å². The third-order valence-electron chi connectivity index (χ3n) is 5.54. The van der Waals surface area contributed by atoms with Gasteiger partial charge in [-0.2, -0.15) is 5.10 Å². The number of hydrogen-bond donors (Lipinski definition) is 0. The van der Waals surface area contributed by atoms with E-state index < -0.39 is 17.9 Å². The molecular formula is C28H24N2O6. The minimum Gasteiger partial charge on any atom is -0.465 e. The van der Waals surface area contributed by atoms with E-state index in [4.69, 9.17) is 14.2 Å². The van der Waals surface area contributed by atoms with E-state index in [9.17, 15) is 14.4 Å². The van der Waals surface area contributed by atoms with Gasteiger partial charge >= 0.3 is 17.9 Å². The summed E-state index contributed by atoms with van der Waals surface area (Å²) in [6, 6.07) is 23.2. The largest absolute Gasteiger partial charge is 0.465 e. The molecular weight excluding hydrogens is 460 g/mol. The van der Waals surface area contributed by atoms with Crippen molar-refractivity contribution in [3.05, 3.63) is 95.7 Å². The Morgan fingerprint density at radius 1 is 0.750 bits per heavy atom. The van der Waals surface area contributed by atoms with Gasteiger partial charge < -0.3 is 14.2 Å². The number of aromatic nitrogens is 2. The molecule has 3 aromatic carbocycles. The smallest absolute Gasteiger partial charge is 0.357 e. The molecule has 8 nitrogen and oxygen atoms in total. The molecule has 0 fully saturated rings. The van der Waals surface area contributed by atoms with Crippen LogP contribution in [-0.4, -0.2) is 48.5 Å². The highest BCUT2D eigenvalue weighted by Crippen LogP contribution is 2.36. The van der Waals surface area contributed by atoms with E-state index in [0.717, 1.165) is 11.1 Å². The first-order chi connectivity index (χ1) is 17.5. The first-order valence-corrected chi connectivity index (χ1v) is 11.2. The van der Waals surface area contributed by atoms with Crippen LogP contribution in [0.3, 0.4) is 0 Å². The molecule has 0 saturated heterocycles. The van der Waals surface area contributed by atoms with Crippen molar-refractivity contribution in [2.45, 2.75) is 6.92 Å². The molecule has 8 heteroatoms. The van der Waals surface area contributed by atoms with Crippen molar-refractivity contribution in [3.8, 4) is 28.1 Å². The number of hydrogen-bond acceptors (Lipinski definition) is 7. The summed E-state index contributed by atoms with van der Waals surface area (Å²) in [6.45, 7) is 2.03. The molecule has 0 aliphatic heterocycles. The minimum absolute atomic E-state index is 0.0104. The molecule has 0 unspecified atom stereocenters. The number of nitrogens with zero attached hydrogens (tertiary/aromatic N) is 2. The summed E-state index contributed by atoms with van der Waals surface area (Å²) in [7, 11) is 2.48. The number of carbonyl (C=O) groups excluding carboxylic acids is 3. The molecule has 0 radical (unpaired) electrons. The molecule has 0 aliphatic carbocycles. The molecule has 0 spiro atoms. The van der Waals surface area contributed by atoms with Crippen molar-refractivity contribution in [2.75, 3.05) is 20.8 Å². The molecule has 1 heterocycles. The number of para-hydroxylation sites is 1. The molecule has 0 amide bonds. The Labute approximate surface area is 208 Å². The van der Waals surface area contributed by atoms with Gasteiger partial charge in [0.15, 0.2) is 5.69 Å². The molecule has 0 atom stereocenters. The Morgan fingerprint density at radius 2 is 1.36 bits per heavy atom. The van der Waals surface area contributed by atoms with E-state index in [1.165, 1.54) is 18.9 Å². The zero-order valence-electron chi connectivity index (χ0n) is 20.1. The van der Waals surface area contributed by atoms with Crippen LogP contribution in [0.1, 0.15) is 38.1 Å². The van der Waals surface area contributed by atoms with E-state index in [0.29, 0.717) is 16.8 Å². The van der Waals surface area contributed by atoms with Gasteiger partial charge in [0, 0.05) is 5.56 Å². The average Bonchev–Trinajstić information content (AvgIpc) is 3.33. The van der Waals surface area contributed by atoms with E-state index in [2.05, 4.69) is 5.10 Å². The molecule has 0 N–H and O–H groups in total. The molecule has 4 aromatic rings. The first-order valence-electron chi connectivity index (χ1n) is 11.2. The number of benzene rings is 3. The minimum atomic E-state index is -0.728. The lowest BCUT2D eigenvalue weighted by atomic mass is 9.94. The zero-order valence-corrected chi connectivity index (χ0v) is 20.1. The van der Waals surface area contributed by atoms with Crippen molar-refractivity contribution in [1.82, 2.24) is 9.78 Å². The lowest BCUT2D eigenvalue weighted by molar-refractivity contribution is 0.0525. The maximum Gasteiger partial charge on any atom is 0.357 e.